The number of ether oxygens (including phenoxy) is 1. The number of hydrogen-bond donors (Lipinski definition) is 3. The Bertz CT molecular complexity index is 1510. The van der Waals surface area contributed by atoms with E-state index in [9.17, 15) is 18.8 Å². The van der Waals surface area contributed by atoms with Crippen molar-refractivity contribution in [2.24, 2.45) is 5.73 Å². The van der Waals surface area contributed by atoms with E-state index in [2.05, 4.69) is 9.69 Å². The largest absolute Gasteiger partial charge is 0.497 e. The van der Waals surface area contributed by atoms with Crippen LogP contribution in [0.3, 0.4) is 0 Å². The number of methoxy groups -OCH3 is 1. The number of carbonyl (C=O) groups is 3. The van der Waals surface area contributed by atoms with Crippen molar-refractivity contribution in [1.82, 2.24) is 9.69 Å². The van der Waals surface area contributed by atoms with Gasteiger partial charge in [-0.3, -0.25) is 19.3 Å². The normalized spacial score (nSPS) is 11.5. The molecule has 4 aromatic rings. The Morgan fingerprint density at radius 3 is 2.38 bits per heavy atom. The number of benzene rings is 3. The van der Waals surface area contributed by atoms with Crippen LogP contribution in [0.5, 0.6) is 5.75 Å². The van der Waals surface area contributed by atoms with Crippen molar-refractivity contribution in [2.75, 3.05) is 17.7 Å². The van der Waals surface area contributed by atoms with Crippen molar-refractivity contribution in [3.05, 3.63) is 105 Å². The first kappa shape index (κ1) is 27.6. The lowest BCUT2D eigenvalue weighted by Gasteiger charge is -2.31. The minimum atomic E-state index is -1.27. The number of nitrogens with one attached hydrogen (secondary N) is 1. The topological polar surface area (TPSA) is 141 Å². The summed E-state index contributed by atoms with van der Waals surface area (Å²) in [7, 11) is 1.50. The van der Waals surface area contributed by atoms with Crippen LogP contribution in [0.25, 0.3) is 0 Å². The van der Waals surface area contributed by atoms with Crippen molar-refractivity contribution >= 4 is 52.2 Å². The Balaban J connectivity index is 1.85. The molecule has 0 fully saturated rings. The van der Waals surface area contributed by atoms with E-state index in [0.717, 1.165) is 16.5 Å². The summed E-state index contributed by atoms with van der Waals surface area (Å²) in [5.74, 6) is -2.41. The fourth-order valence-electron chi connectivity index (χ4n) is 3.84. The molecule has 200 valence electrons. The molecule has 0 aliphatic heterocycles. The number of nitrogens with zero attached hydrogens (tertiary/aromatic N) is 2. The van der Waals surface area contributed by atoms with Gasteiger partial charge in [0, 0.05) is 12.2 Å². The Kier molecular flexibility index (Phi) is 8.43. The highest BCUT2D eigenvalue weighted by molar-refractivity contribution is 7.09. The van der Waals surface area contributed by atoms with E-state index in [-0.39, 0.29) is 33.5 Å². The summed E-state index contributed by atoms with van der Waals surface area (Å²) in [5, 5.41) is 2.59. The van der Waals surface area contributed by atoms with Gasteiger partial charge >= 0.3 is 0 Å². The van der Waals surface area contributed by atoms with Crippen LogP contribution in [-0.2, 0) is 11.3 Å². The lowest BCUT2D eigenvalue weighted by atomic mass is 10.0. The average molecular weight is 568 g/mol. The Morgan fingerprint density at radius 1 is 1.10 bits per heavy atom. The number of amides is 3. The minimum absolute atomic E-state index is 0.107. The Morgan fingerprint density at radius 2 is 1.79 bits per heavy atom. The van der Waals surface area contributed by atoms with Gasteiger partial charge in [0.15, 0.2) is 5.69 Å². The molecule has 1 heterocycles. The number of hydrogen-bond acceptors (Lipinski definition) is 7. The van der Waals surface area contributed by atoms with Crippen LogP contribution in [-0.4, -0.2) is 29.2 Å². The van der Waals surface area contributed by atoms with Gasteiger partial charge in [-0.2, -0.15) is 4.37 Å². The minimum Gasteiger partial charge on any atom is -0.497 e. The van der Waals surface area contributed by atoms with E-state index in [0.29, 0.717) is 22.8 Å². The number of anilines is 2. The summed E-state index contributed by atoms with van der Waals surface area (Å²) in [6.45, 7) is 0.174. The van der Waals surface area contributed by atoms with Gasteiger partial charge in [-0.15, -0.1) is 0 Å². The van der Waals surface area contributed by atoms with Gasteiger partial charge in [-0.05, 0) is 53.0 Å². The highest BCUT2D eigenvalue weighted by Gasteiger charge is 2.36. The Labute approximate surface area is 232 Å². The zero-order valence-electron chi connectivity index (χ0n) is 20.6. The molecule has 0 unspecified atom stereocenters. The molecule has 0 aliphatic carbocycles. The van der Waals surface area contributed by atoms with Crippen LogP contribution in [0, 0.1) is 5.82 Å². The van der Waals surface area contributed by atoms with Crippen molar-refractivity contribution in [3.8, 4) is 5.75 Å². The van der Waals surface area contributed by atoms with Crippen LogP contribution >= 0.6 is 23.1 Å². The SMILES string of the molecule is COc1ccc([C@@H](C(=O)NCc2ccccc2)N(C(=O)c2snc(C(N)=O)c2N)c2ccc(F)c(Cl)c2)cc1. The second kappa shape index (κ2) is 11.9. The van der Waals surface area contributed by atoms with E-state index in [1.54, 1.807) is 24.3 Å². The van der Waals surface area contributed by atoms with Crippen LogP contribution in [0.2, 0.25) is 5.02 Å². The summed E-state index contributed by atoms with van der Waals surface area (Å²) in [4.78, 5) is 40.6. The predicted octanol–water partition coefficient (Wildman–Crippen LogP) is 4.33. The third-order valence-corrected chi connectivity index (χ3v) is 6.94. The summed E-state index contributed by atoms with van der Waals surface area (Å²) >= 11 is 6.73. The van der Waals surface area contributed by atoms with Crippen molar-refractivity contribution in [1.29, 1.82) is 0 Å². The van der Waals surface area contributed by atoms with Gasteiger partial charge in [0.05, 0.1) is 17.8 Å². The monoisotopic (exact) mass is 567 g/mol. The molecule has 4 rings (SSSR count). The van der Waals surface area contributed by atoms with Crippen molar-refractivity contribution < 1.29 is 23.5 Å². The average Bonchev–Trinajstić information content (AvgIpc) is 3.34. The molecule has 3 amide bonds. The quantitative estimate of drug-likeness (QED) is 0.275. The molecule has 0 saturated carbocycles. The summed E-state index contributed by atoms with van der Waals surface area (Å²) in [6, 6.07) is 18.1. The van der Waals surface area contributed by atoms with E-state index < -0.39 is 29.6 Å². The first-order chi connectivity index (χ1) is 18.7. The van der Waals surface area contributed by atoms with Gasteiger partial charge in [-0.25, -0.2) is 4.39 Å². The second-order valence-corrected chi connectivity index (χ2v) is 9.47. The standard InChI is InChI=1S/C27H23ClFN5O4S/c1-38-18-10-7-16(8-11-18)23(26(36)32-14-15-5-3-2-4-6-15)34(17-9-12-20(29)19(28)13-17)27(37)24-21(30)22(25(31)35)33-39-24/h2-13,23H,14,30H2,1H3,(H2,31,35)(H,32,36)/t23-/m0/s1. The number of carbonyl (C=O) groups excluding carboxylic acids is 3. The number of halogens is 2. The summed E-state index contributed by atoms with van der Waals surface area (Å²) in [5.41, 5.74) is 12.3. The highest BCUT2D eigenvalue weighted by Crippen LogP contribution is 2.35. The first-order valence-corrected chi connectivity index (χ1v) is 12.7. The van der Waals surface area contributed by atoms with Crippen LogP contribution in [0.15, 0.2) is 72.8 Å². The third kappa shape index (κ3) is 6.00. The molecular weight excluding hydrogens is 545 g/mol. The van der Waals surface area contributed by atoms with Crippen LogP contribution < -0.4 is 26.4 Å². The maximum atomic E-state index is 14.1. The van der Waals surface area contributed by atoms with Gasteiger partial charge in [-0.1, -0.05) is 54.1 Å². The molecule has 0 aliphatic rings. The fraction of sp³-hybridized carbons (Fsp3) is 0.111. The maximum absolute atomic E-state index is 14.1. The molecule has 12 heteroatoms. The van der Waals surface area contributed by atoms with Crippen molar-refractivity contribution in [2.45, 2.75) is 12.6 Å². The molecule has 39 heavy (non-hydrogen) atoms. The molecule has 5 N–H and O–H groups in total. The molecule has 0 bridgehead atoms. The molecular formula is C27H23ClFN5O4S. The number of nitrogens with two attached hydrogens (primary N) is 2. The fourth-order valence-corrected chi connectivity index (χ4v) is 4.76. The van der Waals surface area contributed by atoms with E-state index in [1.165, 1.54) is 19.2 Å². The predicted molar refractivity (Wildman–Crippen MR) is 147 cm³/mol. The molecule has 0 spiro atoms. The molecule has 0 saturated heterocycles. The van der Waals surface area contributed by atoms with Crippen LogP contribution in [0.4, 0.5) is 15.8 Å². The zero-order valence-corrected chi connectivity index (χ0v) is 22.1. The smallest absolute Gasteiger partial charge is 0.273 e. The van der Waals surface area contributed by atoms with Gasteiger partial charge in [0.2, 0.25) is 5.91 Å². The summed E-state index contributed by atoms with van der Waals surface area (Å²) in [6.07, 6.45) is 0. The van der Waals surface area contributed by atoms with Gasteiger partial charge < -0.3 is 21.5 Å². The molecule has 1 atom stereocenters. The van der Waals surface area contributed by atoms with E-state index in [4.69, 9.17) is 27.8 Å². The summed E-state index contributed by atoms with van der Waals surface area (Å²) < 4.78 is 23.3. The van der Waals surface area contributed by atoms with Gasteiger partial charge in [0.1, 0.15) is 22.5 Å². The first-order valence-electron chi connectivity index (χ1n) is 11.5. The maximum Gasteiger partial charge on any atom is 0.273 e. The van der Waals surface area contributed by atoms with Gasteiger partial charge in [0.25, 0.3) is 11.8 Å². The Hall–Kier alpha value is -4.48. The number of primary amides is 1. The molecule has 3 aromatic carbocycles. The lowest BCUT2D eigenvalue weighted by Crippen LogP contribution is -2.44. The van der Waals surface area contributed by atoms with E-state index in [1.807, 2.05) is 30.3 Å². The number of rotatable bonds is 9. The molecule has 1 aromatic heterocycles. The zero-order chi connectivity index (χ0) is 28.1. The lowest BCUT2D eigenvalue weighted by molar-refractivity contribution is -0.122. The second-order valence-electron chi connectivity index (χ2n) is 8.29. The molecule has 9 nitrogen and oxygen atoms in total. The van der Waals surface area contributed by atoms with Crippen LogP contribution in [0.1, 0.15) is 37.3 Å². The third-order valence-electron chi connectivity index (χ3n) is 5.80. The van der Waals surface area contributed by atoms with Crippen molar-refractivity contribution in [3.63, 3.8) is 0 Å². The van der Waals surface area contributed by atoms with E-state index >= 15 is 0 Å². The molecule has 0 radical (unpaired) electrons. The number of nitrogen functional groups attached to an aromatic ring is 1. The number of aromatic nitrogens is 1. The highest BCUT2D eigenvalue weighted by atomic mass is 35.5.